The second-order valence-electron chi connectivity index (χ2n) is 6.13. The molecule has 1 atom stereocenters. The lowest BCUT2D eigenvalue weighted by Gasteiger charge is -2.16. The molecule has 0 bridgehead atoms. The van der Waals surface area contributed by atoms with Gasteiger partial charge in [-0.1, -0.05) is 30.3 Å². The minimum atomic E-state index is -1.05. The number of esters is 1. The van der Waals surface area contributed by atoms with Gasteiger partial charge in [0.1, 0.15) is 5.76 Å². The van der Waals surface area contributed by atoms with E-state index in [1.165, 1.54) is 4.68 Å². The molecule has 1 unspecified atom stereocenters. The van der Waals surface area contributed by atoms with Crippen molar-refractivity contribution in [3.8, 4) is 0 Å². The summed E-state index contributed by atoms with van der Waals surface area (Å²) in [6.07, 6.45) is -0.799. The first kappa shape index (κ1) is 19.3. The Morgan fingerprint density at radius 3 is 2.57 bits per heavy atom. The molecule has 9 nitrogen and oxygen atoms in total. The summed E-state index contributed by atoms with van der Waals surface area (Å²) >= 11 is 0. The zero-order valence-electron chi connectivity index (χ0n) is 15.8. The predicted octanol–water partition coefficient (Wildman–Crippen LogP) is 2.29. The highest BCUT2D eigenvalue weighted by atomic mass is 16.5. The Labute approximate surface area is 160 Å². The first-order chi connectivity index (χ1) is 13.4. The maximum absolute atomic E-state index is 12.8. The van der Waals surface area contributed by atoms with Gasteiger partial charge in [0, 0.05) is 18.0 Å². The van der Waals surface area contributed by atoms with Gasteiger partial charge in [-0.05, 0) is 26.3 Å². The maximum atomic E-state index is 12.8. The van der Waals surface area contributed by atoms with Crippen LogP contribution in [0.25, 0.3) is 10.8 Å². The largest absolute Gasteiger partial charge is 0.447 e. The van der Waals surface area contributed by atoms with E-state index in [0.29, 0.717) is 23.1 Å². The van der Waals surface area contributed by atoms with E-state index >= 15 is 0 Å². The lowest BCUT2D eigenvalue weighted by Crippen LogP contribution is -2.33. The van der Waals surface area contributed by atoms with Crippen LogP contribution in [-0.2, 0) is 16.1 Å². The molecule has 1 amide bonds. The number of hydrogen-bond acceptors (Lipinski definition) is 7. The minimum Gasteiger partial charge on any atom is -0.447 e. The molecule has 2 aromatic heterocycles. The third kappa shape index (κ3) is 3.78. The molecule has 1 N–H and O–H groups in total. The summed E-state index contributed by atoms with van der Waals surface area (Å²) in [6, 6.07) is 8.21. The summed E-state index contributed by atoms with van der Waals surface area (Å²) < 4.78 is 11.5. The predicted molar refractivity (Wildman–Crippen MR) is 101 cm³/mol. The molecule has 0 aliphatic carbocycles. The van der Waals surface area contributed by atoms with Gasteiger partial charge in [0.15, 0.2) is 17.6 Å². The number of amides is 1. The second-order valence-corrected chi connectivity index (χ2v) is 6.13. The first-order valence-electron chi connectivity index (χ1n) is 8.89. The summed E-state index contributed by atoms with van der Waals surface area (Å²) in [7, 11) is 0. The van der Waals surface area contributed by atoms with Crippen molar-refractivity contribution in [3.63, 3.8) is 0 Å². The molecule has 0 saturated heterocycles. The molecule has 28 heavy (non-hydrogen) atoms. The fraction of sp³-hybridized carbons (Fsp3) is 0.316. The Bertz CT molecular complexity index is 1090. The van der Waals surface area contributed by atoms with Gasteiger partial charge >= 0.3 is 5.97 Å². The topological polar surface area (TPSA) is 116 Å². The highest BCUT2D eigenvalue weighted by Gasteiger charge is 2.25. The van der Waals surface area contributed by atoms with Crippen LogP contribution in [0, 0.1) is 6.92 Å². The smallest absolute Gasteiger partial charge is 0.360 e. The molecule has 3 aromatic rings. The number of fused-ring (bicyclic) bond motifs is 1. The van der Waals surface area contributed by atoms with Gasteiger partial charge in [-0.15, -0.1) is 0 Å². The number of aromatic nitrogens is 3. The fourth-order valence-electron chi connectivity index (χ4n) is 2.74. The van der Waals surface area contributed by atoms with E-state index in [0.717, 1.165) is 0 Å². The van der Waals surface area contributed by atoms with Crippen LogP contribution in [0.1, 0.15) is 36.5 Å². The Hall–Kier alpha value is -3.49. The standard InChI is InChI=1S/C19H20N4O5/c1-4-14(17(24)20-15-10-11(3)28-22-15)27-19(26)16-12-8-6-7-9-13(12)18(25)23(5-2)21-16/h6-10,14H,4-5H2,1-3H3,(H,20,22,24). The Balaban J connectivity index is 1.88. The van der Waals surface area contributed by atoms with Gasteiger partial charge in [-0.3, -0.25) is 9.59 Å². The summed E-state index contributed by atoms with van der Waals surface area (Å²) in [5.41, 5.74) is -0.304. The normalized spacial score (nSPS) is 12.0. The van der Waals surface area contributed by atoms with Crippen LogP contribution in [-0.4, -0.2) is 32.9 Å². The number of rotatable bonds is 6. The van der Waals surface area contributed by atoms with Crippen molar-refractivity contribution in [1.29, 1.82) is 0 Å². The van der Waals surface area contributed by atoms with Crippen LogP contribution in [0.15, 0.2) is 39.6 Å². The third-order valence-electron chi connectivity index (χ3n) is 4.15. The minimum absolute atomic E-state index is 0.0134. The van der Waals surface area contributed by atoms with E-state index in [1.54, 1.807) is 51.1 Å². The molecular weight excluding hydrogens is 364 g/mol. The number of carbonyl (C=O) groups is 2. The van der Waals surface area contributed by atoms with Crippen molar-refractivity contribution in [2.45, 2.75) is 39.8 Å². The van der Waals surface area contributed by atoms with Crippen LogP contribution < -0.4 is 10.9 Å². The number of nitrogens with one attached hydrogen (secondary N) is 1. The summed E-state index contributed by atoms with van der Waals surface area (Å²) in [4.78, 5) is 37.6. The van der Waals surface area contributed by atoms with E-state index in [1.807, 2.05) is 0 Å². The number of ether oxygens (including phenoxy) is 1. The molecule has 146 valence electrons. The van der Waals surface area contributed by atoms with Crippen molar-refractivity contribution in [2.24, 2.45) is 0 Å². The maximum Gasteiger partial charge on any atom is 0.360 e. The summed E-state index contributed by atoms with van der Waals surface area (Å²) in [5, 5.41) is 11.1. The SMILES string of the molecule is CCC(OC(=O)c1nn(CC)c(=O)c2ccccc12)C(=O)Nc1cc(C)on1. The number of aryl methyl sites for hydroxylation is 2. The van der Waals surface area contributed by atoms with Gasteiger partial charge in [-0.25, -0.2) is 9.48 Å². The van der Waals surface area contributed by atoms with Crippen LogP contribution in [0.5, 0.6) is 0 Å². The second kappa shape index (κ2) is 8.03. The van der Waals surface area contributed by atoms with E-state index in [9.17, 15) is 14.4 Å². The van der Waals surface area contributed by atoms with Crippen molar-refractivity contribution in [3.05, 3.63) is 52.1 Å². The molecule has 1 aromatic carbocycles. The zero-order chi connectivity index (χ0) is 20.3. The van der Waals surface area contributed by atoms with Crippen molar-refractivity contribution in [2.75, 3.05) is 5.32 Å². The number of anilines is 1. The highest BCUT2D eigenvalue weighted by molar-refractivity contribution is 6.03. The average molecular weight is 384 g/mol. The Morgan fingerprint density at radius 1 is 1.25 bits per heavy atom. The van der Waals surface area contributed by atoms with Crippen LogP contribution in [0.4, 0.5) is 5.82 Å². The van der Waals surface area contributed by atoms with Crippen molar-refractivity contribution < 1.29 is 18.8 Å². The number of benzene rings is 1. The van der Waals surface area contributed by atoms with Crippen LogP contribution in [0.3, 0.4) is 0 Å². The van der Waals surface area contributed by atoms with E-state index in [4.69, 9.17) is 9.26 Å². The Morgan fingerprint density at radius 2 is 1.96 bits per heavy atom. The molecule has 0 saturated carbocycles. The molecule has 9 heteroatoms. The van der Waals surface area contributed by atoms with Gasteiger partial charge in [0.25, 0.3) is 11.5 Å². The number of hydrogen-bond donors (Lipinski definition) is 1. The third-order valence-corrected chi connectivity index (χ3v) is 4.15. The van der Waals surface area contributed by atoms with Crippen LogP contribution >= 0.6 is 0 Å². The lowest BCUT2D eigenvalue weighted by atomic mass is 10.1. The monoisotopic (exact) mass is 384 g/mol. The summed E-state index contributed by atoms with van der Waals surface area (Å²) in [6.45, 7) is 5.46. The van der Waals surface area contributed by atoms with E-state index < -0.39 is 18.0 Å². The van der Waals surface area contributed by atoms with Crippen molar-refractivity contribution in [1.82, 2.24) is 14.9 Å². The molecule has 3 rings (SSSR count). The molecule has 0 fully saturated rings. The molecule has 0 aliphatic rings. The highest BCUT2D eigenvalue weighted by Crippen LogP contribution is 2.16. The number of carbonyl (C=O) groups excluding carboxylic acids is 2. The van der Waals surface area contributed by atoms with E-state index in [2.05, 4.69) is 15.6 Å². The van der Waals surface area contributed by atoms with Gasteiger partial charge in [0.2, 0.25) is 0 Å². The van der Waals surface area contributed by atoms with Gasteiger partial charge < -0.3 is 14.6 Å². The van der Waals surface area contributed by atoms with E-state index in [-0.39, 0.29) is 23.5 Å². The summed E-state index contributed by atoms with van der Waals surface area (Å²) in [5.74, 6) is -0.535. The quantitative estimate of drug-likeness (QED) is 0.648. The Kier molecular flexibility index (Phi) is 5.53. The average Bonchev–Trinajstić information content (AvgIpc) is 3.10. The van der Waals surface area contributed by atoms with Gasteiger partial charge in [-0.2, -0.15) is 5.10 Å². The molecule has 0 radical (unpaired) electrons. The van der Waals surface area contributed by atoms with Gasteiger partial charge in [0.05, 0.1) is 5.39 Å². The van der Waals surface area contributed by atoms with Crippen molar-refractivity contribution >= 4 is 28.5 Å². The van der Waals surface area contributed by atoms with Crippen LogP contribution in [0.2, 0.25) is 0 Å². The molecular formula is C19H20N4O5. The molecule has 0 spiro atoms. The fourth-order valence-corrected chi connectivity index (χ4v) is 2.74. The lowest BCUT2D eigenvalue weighted by molar-refractivity contribution is -0.124. The first-order valence-corrected chi connectivity index (χ1v) is 8.89. The molecule has 2 heterocycles. The molecule has 0 aliphatic heterocycles. The number of nitrogens with zero attached hydrogens (tertiary/aromatic N) is 3. The zero-order valence-corrected chi connectivity index (χ0v) is 15.8.